The quantitative estimate of drug-likeness (QED) is 0.293. The van der Waals surface area contributed by atoms with Gasteiger partial charge in [0.25, 0.3) is 0 Å². The molecule has 4 N–H and O–H groups in total. The third-order valence-corrected chi connectivity index (χ3v) is 9.30. The average Bonchev–Trinajstić information content (AvgIpc) is 3.15. The number of ether oxygens (including phenoxy) is 1. The molecule has 2 aliphatic rings. The number of cyclic esters (lactones) is 1. The zero-order valence-corrected chi connectivity index (χ0v) is 24.2. The number of thiazole rings is 1. The van der Waals surface area contributed by atoms with E-state index in [1.165, 1.54) is 11.3 Å². The van der Waals surface area contributed by atoms with Crippen molar-refractivity contribution < 1.29 is 29.3 Å². The summed E-state index contributed by atoms with van der Waals surface area (Å²) in [6.07, 6.45) is 2.34. The first-order chi connectivity index (χ1) is 17.7. The Kier molecular flexibility index (Phi) is 9.55. The number of Topliss-reactive ketones (excluding diaryl/α,β-unsaturated/α-hetero) is 2. The van der Waals surface area contributed by atoms with Crippen molar-refractivity contribution in [3.05, 3.63) is 16.6 Å². The Balaban J connectivity index is 1.93. The van der Waals surface area contributed by atoms with E-state index >= 15 is 0 Å². The zero-order valence-electron chi connectivity index (χ0n) is 23.4. The van der Waals surface area contributed by atoms with Gasteiger partial charge in [-0.2, -0.15) is 0 Å². The Labute approximate surface area is 229 Å². The summed E-state index contributed by atoms with van der Waals surface area (Å²) in [4.78, 5) is 45.9. The maximum Gasteiger partial charge on any atom is 0.309 e. The number of ketones is 2. The molecule has 0 bridgehead atoms. The number of rotatable bonds is 4. The summed E-state index contributed by atoms with van der Waals surface area (Å²) >= 11 is 1.33. The molecule has 0 spiro atoms. The second-order valence-corrected chi connectivity index (χ2v) is 12.6. The molecule has 2 aliphatic heterocycles. The molecular formula is C28H43N3O6S. The minimum Gasteiger partial charge on any atom is -0.458 e. The largest absolute Gasteiger partial charge is 0.458 e. The van der Waals surface area contributed by atoms with Crippen LogP contribution >= 0.6 is 11.3 Å². The average molecular weight is 550 g/mol. The Hall–Kier alpha value is -2.14. The minimum absolute atomic E-state index is 0.0132. The van der Waals surface area contributed by atoms with Gasteiger partial charge in [-0.05, 0) is 45.3 Å². The summed E-state index contributed by atoms with van der Waals surface area (Å²) in [5, 5.41) is 22.9. The first-order valence-electron chi connectivity index (χ1n) is 13.4. The van der Waals surface area contributed by atoms with Gasteiger partial charge in [0, 0.05) is 35.8 Å². The number of aliphatic hydroxyl groups is 2. The van der Waals surface area contributed by atoms with Crippen LogP contribution in [-0.4, -0.2) is 74.6 Å². The third-order valence-electron chi connectivity index (χ3n) is 8.61. The molecule has 1 aromatic heterocycles. The number of esters is 1. The molecule has 38 heavy (non-hydrogen) atoms. The summed E-state index contributed by atoms with van der Waals surface area (Å²) < 4.78 is 5.93. The van der Waals surface area contributed by atoms with Gasteiger partial charge < -0.3 is 20.7 Å². The molecule has 0 aromatic carbocycles. The van der Waals surface area contributed by atoms with E-state index in [9.17, 15) is 24.6 Å². The van der Waals surface area contributed by atoms with Gasteiger partial charge in [-0.25, -0.2) is 4.98 Å². The van der Waals surface area contributed by atoms with Crippen LogP contribution in [0.5, 0.6) is 0 Å². The van der Waals surface area contributed by atoms with E-state index in [0.29, 0.717) is 30.2 Å². The zero-order chi connectivity index (χ0) is 28.4. The normalized spacial score (nSPS) is 35.5. The lowest BCUT2D eigenvalue weighted by Gasteiger charge is -2.32. The molecule has 3 heterocycles. The van der Waals surface area contributed by atoms with E-state index in [1.54, 1.807) is 20.8 Å². The van der Waals surface area contributed by atoms with Crippen LogP contribution in [0.25, 0.3) is 6.08 Å². The number of nitrogen functional groups attached to an aromatic ring is 1. The molecule has 3 rings (SSSR count). The van der Waals surface area contributed by atoms with E-state index in [-0.39, 0.29) is 42.1 Å². The van der Waals surface area contributed by atoms with Crippen LogP contribution < -0.4 is 5.73 Å². The summed E-state index contributed by atoms with van der Waals surface area (Å²) in [6.45, 7) is 11.1. The number of hydrogen-bond acceptors (Lipinski definition) is 10. The molecule has 0 aliphatic carbocycles. The number of β-amino-alcohol motifs (C(OH)–C–C–N with tert-alkyl or cyclic N) is 1. The van der Waals surface area contributed by atoms with Crippen molar-refractivity contribution in [3.8, 4) is 0 Å². The van der Waals surface area contributed by atoms with Gasteiger partial charge >= 0.3 is 5.97 Å². The van der Waals surface area contributed by atoms with Gasteiger partial charge in [-0.3, -0.25) is 19.3 Å². The van der Waals surface area contributed by atoms with E-state index < -0.39 is 29.5 Å². The first-order valence-corrected chi connectivity index (χ1v) is 14.3. The summed E-state index contributed by atoms with van der Waals surface area (Å²) in [6, 6.07) is 0.0667. The maximum atomic E-state index is 13.2. The number of aliphatic hydroxyl groups excluding tert-OH is 2. The fourth-order valence-electron chi connectivity index (χ4n) is 5.82. The number of nitrogens with two attached hydrogens (primary N) is 1. The van der Waals surface area contributed by atoms with Gasteiger partial charge in [-0.15, -0.1) is 11.3 Å². The molecule has 1 aromatic rings. The van der Waals surface area contributed by atoms with Gasteiger partial charge in [0.2, 0.25) is 0 Å². The van der Waals surface area contributed by atoms with Crippen LogP contribution in [0, 0.1) is 17.3 Å². The van der Waals surface area contributed by atoms with Crippen LogP contribution in [0.2, 0.25) is 0 Å². The van der Waals surface area contributed by atoms with E-state index in [0.717, 1.165) is 18.4 Å². The van der Waals surface area contributed by atoms with Crippen LogP contribution in [0.3, 0.4) is 0 Å². The molecule has 9 nitrogen and oxygen atoms in total. The van der Waals surface area contributed by atoms with Crippen molar-refractivity contribution in [2.24, 2.45) is 17.3 Å². The lowest BCUT2D eigenvalue weighted by molar-refractivity contribution is -0.154. The highest BCUT2D eigenvalue weighted by molar-refractivity contribution is 7.13. The topological polar surface area (TPSA) is 143 Å². The molecule has 212 valence electrons. The number of aromatic nitrogens is 1. The van der Waals surface area contributed by atoms with Crippen molar-refractivity contribution >= 4 is 40.1 Å². The second-order valence-electron chi connectivity index (χ2n) is 11.7. The van der Waals surface area contributed by atoms with E-state index in [1.807, 2.05) is 25.3 Å². The SMILES string of the molecule is C/C(=C\c1csc(N)n1)[C@@H]1C[C@@H]2N(CCO)[C@]2(C)CCC[C@H](C)C(=O)[C@@H](C)C(=O)C(C)(C)[C@@H](O)CC(=O)O1. The standard InChI is InChI=1S/C28H43N3O6S/c1-16-8-7-9-28(6)21(31(28)10-11-32)13-20(17(2)12-19-15-38-26(29)30-19)37-23(34)14-22(33)27(4,5)25(36)18(3)24(16)35/h12,15-16,18,20-22,32-33H,7-11,13-14H2,1-6H3,(H2,29,30)/b17-12+/t16-,18+,20-,21-,22-,28+,31?/m0/s1. The third kappa shape index (κ3) is 6.52. The van der Waals surface area contributed by atoms with E-state index in [4.69, 9.17) is 10.5 Å². The molecule has 2 fully saturated rings. The predicted octanol–water partition coefficient (Wildman–Crippen LogP) is 3.24. The van der Waals surface area contributed by atoms with Gasteiger partial charge in [-0.1, -0.05) is 27.2 Å². The lowest BCUT2D eigenvalue weighted by atomic mass is 9.73. The molecule has 2 saturated heterocycles. The van der Waals surface area contributed by atoms with Crippen molar-refractivity contribution in [3.63, 3.8) is 0 Å². The van der Waals surface area contributed by atoms with Crippen LogP contribution in [0.15, 0.2) is 11.0 Å². The van der Waals surface area contributed by atoms with Crippen LogP contribution in [-0.2, 0) is 19.1 Å². The van der Waals surface area contributed by atoms with Crippen molar-refractivity contribution in [1.29, 1.82) is 0 Å². The van der Waals surface area contributed by atoms with Gasteiger partial charge in [0.05, 0.1) is 36.2 Å². The highest BCUT2D eigenvalue weighted by Crippen LogP contribution is 2.48. The number of hydrogen-bond donors (Lipinski definition) is 3. The molecule has 0 radical (unpaired) electrons. The second kappa shape index (κ2) is 11.9. The summed E-state index contributed by atoms with van der Waals surface area (Å²) in [5.74, 6) is -2.31. The summed E-state index contributed by atoms with van der Waals surface area (Å²) in [7, 11) is 0. The first kappa shape index (κ1) is 30.4. The van der Waals surface area contributed by atoms with E-state index in [2.05, 4.69) is 16.8 Å². The fourth-order valence-corrected chi connectivity index (χ4v) is 6.34. The van der Waals surface area contributed by atoms with Gasteiger partial charge in [0.1, 0.15) is 11.9 Å². The molecule has 7 atom stereocenters. The highest BCUT2D eigenvalue weighted by atomic mass is 32.1. The highest BCUT2D eigenvalue weighted by Gasteiger charge is 2.58. The Morgan fingerprint density at radius 1 is 1.29 bits per heavy atom. The monoisotopic (exact) mass is 549 g/mol. The molecule has 0 saturated carbocycles. The van der Waals surface area contributed by atoms with Crippen LogP contribution in [0.1, 0.15) is 79.3 Å². The minimum atomic E-state index is -1.30. The van der Waals surface area contributed by atoms with Crippen LogP contribution in [0.4, 0.5) is 5.13 Å². The van der Waals surface area contributed by atoms with Crippen molar-refractivity contribution in [1.82, 2.24) is 9.88 Å². The molecule has 10 heteroatoms. The van der Waals surface area contributed by atoms with Crippen molar-refractivity contribution in [2.75, 3.05) is 18.9 Å². The number of fused-ring (bicyclic) bond motifs is 1. The Morgan fingerprint density at radius 2 is 1.97 bits per heavy atom. The summed E-state index contributed by atoms with van der Waals surface area (Å²) in [5.41, 5.74) is 5.75. The number of carbonyl (C=O) groups excluding carboxylic acids is 3. The molecular weight excluding hydrogens is 506 g/mol. The Morgan fingerprint density at radius 3 is 2.58 bits per heavy atom. The van der Waals surface area contributed by atoms with Gasteiger partial charge in [0.15, 0.2) is 10.9 Å². The maximum absolute atomic E-state index is 13.2. The number of carbonyl (C=O) groups is 3. The fraction of sp³-hybridized carbons (Fsp3) is 0.714. The number of anilines is 1. The molecule has 1 unspecified atom stereocenters. The smallest absolute Gasteiger partial charge is 0.309 e. The predicted molar refractivity (Wildman–Crippen MR) is 147 cm³/mol. The van der Waals surface area contributed by atoms with Crippen molar-refractivity contribution in [2.45, 2.75) is 97.4 Å². The Bertz CT molecular complexity index is 1070. The number of nitrogens with zero attached hydrogens (tertiary/aromatic N) is 2. The lowest BCUT2D eigenvalue weighted by Crippen LogP contribution is -2.44. The molecule has 0 amide bonds.